The van der Waals surface area contributed by atoms with Gasteiger partial charge in [0, 0.05) is 6.61 Å². The Labute approximate surface area is 85.8 Å². The molecule has 0 saturated heterocycles. The van der Waals surface area contributed by atoms with E-state index in [4.69, 9.17) is 9.47 Å². The molecule has 1 aliphatic rings. The zero-order chi connectivity index (χ0) is 10.2. The number of rotatable bonds is 6. The quantitative estimate of drug-likeness (QED) is 0.487. The van der Waals surface area contributed by atoms with Crippen molar-refractivity contribution in [2.75, 3.05) is 19.8 Å². The molecule has 0 radical (unpaired) electrons. The Morgan fingerprint density at radius 3 is 2.71 bits per heavy atom. The highest BCUT2D eigenvalue weighted by Crippen LogP contribution is 2.24. The lowest BCUT2D eigenvalue weighted by molar-refractivity contribution is -0.144. The van der Waals surface area contributed by atoms with Crippen LogP contribution in [0.1, 0.15) is 39.0 Å². The molecule has 14 heavy (non-hydrogen) atoms. The normalized spacial score (nSPS) is 17.2. The van der Waals surface area contributed by atoms with E-state index in [1.54, 1.807) is 0 Å². The first kappa shape index (κ1) is 11.5. The molecule has 1 fully saturated rings. The fourth-order valence-electron chi connectivity index (χ4n) is 1.82. The summed E-state index contributed by atoms with van der Waals surface area (Å²) in [6.07, 6.45) is 5.65. The summed E-state index contributed by atoms with van der Waals surface area (Å²) < 4.78 is 10.2. The van der Waals surface area contributed by atoms with E-state index in [9.17, 15) is 4.79 Å². The molecule has 3 nitrogen and oxygen atoms in total. The van der Waals surface area contributed by atoms with Crippen LogP contribution in [-0.4, -0.2) is 25.8 Å². The summed E-state index contributed by atoms with van der Waals surface area (Å²) in [6.45, 7) is 3.60. The SMILES string of the molecule is CCOC(=O)CCOCC1CCCC1. The van der Waals surface area contributed by atoms with Gasteiger partial charge in [0.05, 0.1) is 19.6 Å². The minimum absolute atomic E-state index is 0.154. The largest absolute Gasteiger partial charge is 0.466 e. The van der Waals surface area contributed by atoms with Crippen molar-refractivity contribution in [2.45, 2.75) is 39.0 Å². The molecule has 0 aromatic heterocycles. The second-order valence-electron chi connectivity index (χ2n) is 3.78. The Morgan fingerprint density at radius 2 is 2.07 bits per heavy atom. The number of carbonyl (C=O) groups excluding carboxylic acids is 1. The standard InChI is InChI=1S/C11H20O3/c1-2-14-11(12)7-8-13-9-10-5-3-4-6-10/h10H,2-9H2,1H3. The van der Waals surface area contributed by atoms with Crippen molar-refractivity contribution in [3.63, 3.8) is 0 Å². The highest BCUT2D eigenvalue weighted by Gasteiger charge is 2.14. The summed E-state index contributed by atoms with van der Waals surface area (Å²) in [7, 11) is 0. The highest BCUT2D eigenvalue weighted by atomic mass is 16.5. The van der Waals surface area contributed by atoms with Crippen molar-refractivity contribution in [3.05, 3.63) is 0 Å². The number of hydrogen-bond donors (Lipinski definition) is 0. The molecule has 0 amide bonds. The monoisotopic (exact) mass is 200 g/mol. The molecule has 0 spiro atoms. The lowest BCUT2D eigenvalue weighted by Crippen LogP contribution is -2.11. The van der Waals surface area contributed by atoms with Gasteiger partial charge < -0.3 is 9.47 Å². The van der Waals surface area contributed by atoms with E-state index in [0.29, 0.717) is 19.6 Å². The van der Waals surface area contributed by atoms with Gasteiger partial charge in [0.15, 0.2) is 0 Å². The van der Waals surface area contributed by atoms with Crippen LogP contribution in [0.5, 0.6) is 0 Å². The molecule has 0 aromatic rings. The van der Waals surface area contributed by atoms with Gasteiger partial charge >= 0.3 is 5.97 Å². The topological polar surface area (TPSA) is 35.5 Å². The van der Waals surface area contributed by atoms with Crippen LogP contribution in [0.15, 0.2) is 0 Å². The van der Waals surface area contributed by atoms with E-state index in [2.05, 4.69) is 0 Å². The van der Waals surface area contributed by atoms with E-state index in [1.165, 1.54) is 25.7 Å². The van der Waals surface area contributed by atoms with Crippen LogP contribution in [0, 0.1) is 5.92 Å². The maximum Gasteiger partial charge on any atom is 0.308 e. The van der Waals surface area contributed by atoms with Gasteiger partial charge in [-0.15, -0.1) is 0 Å². The number of esters is 1. The molecule has 1 aliphatic carbocycles. The van der Waals surface area contributed by atoms with Crippen molar-refractivity contribution in [1.29, 1.82) is 0 Å². The van der Waals surface area contributed by atoms with Crippen LogP contribution in [0.4, 0.5) is 0 Å². The second-order valence-corrected chi connectivity index (χ2v) is 3.78. The van der Waals surface area contributed by atoms with Crippen molar-refractivity contribution in [3.8, 4) is 0 Å². The molecule has 3 heteroatoms. The molecular weight excluding hydrogens is 180 g/mol. The maximum absolute atomic E-state index is 10.9. The van der Waals surface area contributed by atoms with Crippen molar-refractivity contribution in [2.24, 2.45) is 5.92 Å². The van der Waals surface area contributed by atoms with E-state index in [1.807, 2.05) is 6.92 Å². The van der Waals surface area contributed by atoms with Crippen molar-refractivity contribution >= 4 is 5.97 Å². The summed E-state index contributed by atoms with van der Waals surface area (Å²) >= 11 is 0. The lowest BCUT2D eigenvalue weighted by atomic mass is 10.1. The Hall–Kier alpha value is -0.570. The summed E-state index contributed by atoms with van der Waals surface area (Å²) in [5, 5.41) is 0. The van der Waals surface area contributed by atoms with Crippen LogP contribution in [0.2, 0.25) is 0 Å². The minimum atomic E-state index is -0.154. The molecule has 0 heterocycles. The summed E-state index contributed by atoms with van der Waals surface area (Å²) in [5.74, 6) is 0.580. The van der Waals surface area contributed by atoms with Crippen LogP contribution in [0.25, 0.3) is 0 Å². The number of hydrogen-bond acceptors (Lipinski definition) is 3. The highest BCUT2D eigenvalue weighted by molar-refractivity contribution is 5.69. The second kappa shape index (κ2) is 6.82. The smallest absolute Gasteiger partial charge is 0.308 e. The zero-order valence-electron chi connectivity index (χ0n) is 8.96. The third-order valence-corrected chi connectivity index (χ3v) is 2.58. The van der Waals surface area contributed by atoms with Crippen LogP contribution in [-0.2, 0) is 14.3 Å². The van der Waals surface area contributed by atoms with Crippen LogP contribution in [0.3, 0.4) is 0 Å². The Bertz CT molecular complexity index is 162. The van der Waals surface area contributed by atoms with Gasteiger partial charge in [-0.25, -0.2) is 0 Å². The van der Waals surface area contributed by atoms with Gasteiger partial charge in [0.2, 0.25) is 0 Å². The summed E-state index contributed by atoms with van der Waals surface area (Å²) in [6, 6.07) is 0. The molecule has 0 unspecified atom stereocenters. The van der Waals surface area contributed by atoms with Crippen molar-refractivity contribution < 1.29 is 14.3 Å². The van der Waals surface area contributed by atoms with Gasteiger partial charge in [-0.1, -0.05) is 12.8 Å². The fraction of sp³-hybridized carbons (Fsp3) is 0.909. The first-order chi connectivity index (χ1) is 6.83. The van der Waals surface area contributed by atoms with Crippen LogP contribution < -0.4 is 0 Å². The number of carbonyl (C=O) groups is 1. The van der Waals surface area contributed by atoms with E-state index >= 15 is 0 Å². The number of ether oxygens (including phenoxy) is 2. The lowest BCUT2D eigenvalue weighted by Gasteiger charge is -2.09. The molecule has 1 saturated carbocycles. The average molecular weight is 200 g/mol. The Morgan fingerprint density at radius 1 is 1.36 bits per heavy atom. The molecule has 82 valence electrons. The summed E-state index contributed by atoms with van der Waals surface area (Å²) in [5.41, 5.74) is 0. The Kier molecular flexibility index (Phi) is 5.60. The average Bonchev–Trinajstić information content (AvgIpc) is 2.65. The predicted molar refractivity (Wildman–Crippen MR) is 54.0 cm³/mol. The van der Waals surface area contributed by atoms with Gasteiger partial charge in [-0.05, 0) is 25.7 Å². The van der Waals surface area contributed by atoms with E-state index in [0.717, 1.165) is 12.5 Å². The summed E-state index contributed by atoms with van der Waals surface area (Å²) in [4.78, 5) is 10.9. The third kappa shape index (κ3) is 4.61. The van der Waals surface area contributed by atoms with Gasteiger partial charge in [-0.3, -0.25) is 4.79 Å². The maximum atomic E-state index is 10.9. The molecule has 0 N–H and O–H groups in total. The predicted octanol–water partition coefficient (Wildman–Crippen LogP) is 2.15. The first-order valence-corrected chi connectivity index (χ1v) is 5.56. The van der Waals surface area contributed by atoms with E-state index in [-0.39, 0.29) is 5.97 Å². The van der Waals surface area contributed by atoms with Crippen LogP contribution >= 0.6 is 0 Å². The zero-order valence-corrected chi connectivity index (χ0v) is 8.96. The Balaban J connectivity index is 1.90. The van der Waals surface area contributed by atoms with Gasteiger partial charge in [0.25, 0.3) is 0 Å². The van der Waals surface area contributed by atoms with Gasteiger partial charge in [0.1, 0.15) is 0 Å². The van der Waals surface area contributed by atoms with Gasteiger partial charge in [-0.2, -0.15) is 0 Å². The minimum Gasteiger partial charge on any atom is -0.466 e. The molecule has 0 aromatic carbocycles. The van der Waals surface area contributed by atoms with E-state index < -0.39 is 0 Å². The fourth-order valence-corrected chi connectivity index (χ4v) is 1.82. The molecule has 0 bridgehead atoms. The molecule has 0 atom stereocenters. The van der Waals surface area contributed by atoms with Crippen molar-refractivity contribution in [1.82, 2.24) is 0 Å². The molecule has 1 rings (SSSR count). The third-order valence-electron chi connectivity index (χ3n) is 2.58. The molecule has 0 aliphatic heterocycles. The first-order valence-electron chi connectivity index (χ1n) is 5.56. The molecular formula is C11H20O3.